The number of aromatic nitrogens is 4. The molecule has 1 amide bonds. The minimum Gasteiger partial charge on any atom is -0.443 e. The van der Waals surface area contributed by atoms with Crippen molar-refractivity contribution in [1.82, 2.24) is 24.4 Å². The van der Waals surface area contributed by atoms with Crippen molar-refractivity contribution in [3.63, 3.8) is 0 Å². The molecule has 4 heterocycles. The summed E-state index contributed by atoms with van der Waals surface area (Å²) in [5.74, 6) is -1.14. The zero-order valence-corrected chi connectivity index (χ0v) is 23.5. The number of ether oxygens (including phenoxy) is 1. The predicted octanol–water partition coefficient (Wildman–Crippen LogP) is 4.23. The molecule has 4 aromatic rings. The van der Waals surface area contributed by atoms with Gasteiger partial charge in [0.2, 0.25) is 11.9 Å². The van der Waals surface area contributed by atoms with Gasteiger partial charge >= 0.3 is 5.97 Å². The minimum absolute atomic E-state index is 0.106. The largest absolute Gasteiger partial charge is 0.443 e. The van der Waals surface area contributed by atoms with E-state index in [0.29, 0.717) is 40.8 Å². The highest BCUT2D eigenvalue weighted by Crippen LogP contribution is 2.33. The van der Waals surface area contributed by atoms with E-state index >= 15 is 0 Å². The fourth-order valence-corrected chi connectivity index (χ4v) is 4.29. The lowest BCUT2D eigenvalue weighted by Gasteiger charge is -2.14. The molecular weight excluding hydrogens is 525 g/mol. The van der Waals surface area contributed by atoms with Gasteiger partial charge in [-0.15, -0.1) is 0 Å². The molecule has 0 aliphatic rings. The number of likely N-dealkylation sites (N-methyl/N-ethyl adjacent to an activating group) is 1. The van der Waals surface area contributed by atoms with Crippen molar-refractivity contribution in [2.45, 2.75) is 33.0 Å². The Morgan fingerprint density at radius 1 is 1.12 bits per heavy atom. The molecule has 0 fully saturated rings. The number of carbonyl (C=O) groups excluding carboxylic acids is 2. The van der Waals surface area contributed by atoms with Gasteiger partial charge in [0.1, 0.15) is 11.7 Å². The smallest absolute Gasteiger partial charge is 0.324 e. The Balaban J connectivity index is 1.65. The van der Waals surface area contributed by atoms with Crippen LogP contribution in [0.3, 0.4) is 0 Å². The van der Waals surface area contributed by atoms with E-state index in [1.807, 2.05) is 38.9 Å². The van der Waals surface area contributed by atoms with Gasteiger partial charge in [0.25, 0.3) is 0 Å². The van der Waals surface area contributed by atoms with Gasteiger partial charge in [0, 0.05) is 65.6 Å². The van der Waals surface area contributed by atoms with Gasteiger partial charge in [-0.3, -0.25) is 19.1 Å². The van der Waals surface area contributed by atoms with Crippen LogP contribution >= 0.6 is 0 Å². The maximum Gasteiger partial charge on any atom is 0.324 e. The number of fused-ring (bicyclic) bond motifs is 1. The molecule has 0 radical (unpaired) electrons. The maximum absolute atomic E-state index is 14.0. The van der Waals surface area contributed by atoms with E-state index in [4.69, 9.17) is 10.5 Å². The molecule has 214 valence electrons. The first-order valence-electron chi connectivity index (χ1n) is 13.2. The number of nitrogens with zero attached hydrogens (tertiary/aromatic N) is 5. The average molecular weight is 560 g/mol. The van der Waals surface area contributed by atoms with Gasteiger partial charge in [0.05, 0.1) is 11.9 Å². The fraction of sp³-hybridized carbons (Fsp3) is 0.300. The van der Waals surface area contributed by atoms with Crippen LogP contribution < -0.4 is 11.1 Å². The summed E-state index contributed by atoms with van der Waals surface area (Å²) >= 11 is 0. The summed E-state index contributed by atoms with van der Waals surface area (Å²) < 4.78 is 21.2. The third kappa shape index (κ3) is 7.80. The second-order valence-corrected chi connectivity index (χ2v) is 10.4. The van der Waals surface area contributed by atoms with Gasteiger partial charge < -0.3 is 20.7 Å². The Hall–Kier alpha value is -4.48. The first-order valence-corrected chi connectivity index (χ1v) is 13.2. The third-order valence-electron chi connectivity index (χ3n) is 6.20. The van der Waals surface area contributed by atoms with Crippen molar-refractivity contribution in [2.75, 3.05) is 26.0 Å². The SMILES string of the molecule is CC(C)CC(N)C(=O)OCn1cc(-c2ccnc(F)c2)c2cc(-c3cncc(NC(=O)/C=C/CN(C)C)c3)cnc21. The molecule has 41 heavy (non-hydrogen) atoms. The number of hydrogen-bond acceptors (Lipinski definition) is 8. The molecule has 3 N–H and O–H groups in total. The quantitative estimate of drug-likeness (QED) is 0.159. The Morgan fingerprint density at radius 2 is 1.90 bits per heavy atom. The van der Waals surface area contributed by atoms with Crippen LogP contribution in [0.25, 0.3) is 33.3 Å². The number of carbonyl (C=O) groups is 2. The van der Waals surface area contributed by atoms with E-state index in [9.17, 15) is 14.0 Å². The summed E-state index contributed by atoms with van der Waals surface area (Å²) in [5, 5.41) is 3.53. The molecule has 0 aliphatic heterocycles. The van der Waals surface area contributed by atoms with Gasteiger partial charge in [-0.1, -0.05) is 19.9 Å². The zero-order chi connectivity index (χ0) is 29.5. The van der Waals surface area contributed by atoms with Gasteiger partial charge in [-0.05, 0) is 50.2 Å². The minimum atomic E-state index is -0.728. The summed E-state index contributed by atoms with van der Waals surface area (Å²) in [6.07, 6.45) is 11.8. The number of rotatable bonds is 11. The molecule has 0 aromatic carbocycles. The number of hydrogen-bond donors (Lipinski definition) is 2. The predicted molar refractivity (Wildman–Crippen MR) is 156 cm³/mol. The van der Waals surface area contributed by atoms with E-state index in [1.165, 1.54) is 18.3 Å². The standard InChI is InChI=1S/C30H34FN7O3/c1-19(2)10-26(32)30(40)41-18-38-17-25(20-7-8-34-27(31)13-20)24-12-22(15-35-29(24)38)21-11-23(16-33-14-21)36-28(39)6-5-9-37(3)4/h5-8,11-17,19,26H,9-10,18,32H2,1-4H3,(H,36,39)/b6-5+. The van der Waals surface area contributed by atoms with Crippen molar-refractivity contribution in [2.24, 2.45) is 11.7 Å². The Bertz CT molecular complexity index is 1560. The summed E-state index contributed by atoms with van der Waals surface area (Å²) in [4.78, 5) is 39.3. The average Bonchev–Trinajstić information content (AvgIpc) is 3.29. The van der Waals surface area contributed by atoms with Crippen LogP contribution in [-0.4, -0.2) is 63.0 Å². The number of nitrogens with two attached hydrogens (primary N) is 1. The molecule has 4 aromatic heterocycles. The fourth-order valence-electron chi connectivity index (χ4n) is 4.29. The summed E-state index contributed by atoms with van der Waals surface area (Å²) in [7, 11) is 3.84. The van der Waals surface area contributed by atoms with E-state index in [0.717, 1.165) is 11.1 Å². The number of esters is 1. The summed E-state index contributed by atoms with van der Waals surface area (Å²) in [5.41, 5.74) is 9.77. The molecule has 4 rings (SSSR count). The van der Waals surface area contributed by atoms with Crippen molar-refractivity contribution >= 4 is 28.6 Å². The number of anilines is 1. The van der Waals surface area contributed by atoms with Gasteiger partial charge in [0.15, 0.2) is 6.73 Å². The lowest BCUT2D eigenvalue weighted by atomic mass is 10.0. The molecular formula is C30H34FN7O3. The highest BCUT2D eigenvalue weighted by Gasteiger charge is 2.19. The van der Waals surface area contributed by atoms with Crippen molar-refractivity contribution < 1.29 is 18.7 Å². The monoisotopic (exact) mass is 559 g/mol. The van der Waals surface area contributed by atoms with E-state index < -0.39 is 18.0 Å². The summed E-state index contributed by atoms with van der Waals surface area (Å²) in [6, 6.07) is 6.00. The molecule has 0 bridgehead atoms. The van der Waals surface area contributed by atoms with Crippen LogP contribution in [0.2, 0.25) is 0 Å². The Kier molecular flexibility index (Phi) is 9.53. The van der Waals surface area contributed by atoms with E-state index in [1.54, 1.807) is 47.6 Å². The normalized spacial score (nSPS) is 12.4. The van der Waals surface area contributed by atoms with Crippen molar-refractivity contribution in [3.05, 3.63) is 73.3 Å². The lowest BCUT2D eigenvalue weighted by molar-refractivity contribution is -0.149. The number of halogens is 1. The first kappa shape index (κ1) is 29.5. The maximum atomic E-state index is 14.0. The van der Waals surface area contributed by atoms with Gasteiger partial charge in [-0.2, -0.15) is 4.39 Å². The molecule has 11 heteroatoms. The van der Waals surface area contributed by atoms with Crippen LogP contribution in [0, 0.1) is 11.9 Å². The van der Waals surface area contributed by atoms with Crippen LogP contribution in [0.4, 0.5) is 10.1 Å². The highest BCUT2D eigenvalue weighted by atomic mass is 19.1. The van der Waals surface area contributed by atoms with Gasteiger partial charge in [-0.25, -0.2) is 9.97 Å². The Labute approximate surface area is 238 Å². The molecule has 0 saturated carbocycles. The number of nitrogens with one attached hydrogen (secondary N) is 1. The van der Waals surface area contributed by atoms with Crippen LogP contribution in [0.5, 0.6) is 0 Å². The van der Waals surface area contributed by atoms with Crippen LogP contribution in [0.15, 0.2) is 67.4 Å². The lowest BCUT2D eigenvalue weighted by Crippen LogP contribution is -2.33. The first-order chi connectivity index (χ1) is 19.6. The number of amides is 1. The zero-order valence-electron chi connectivity index (χ0n) is 23.5. The molecule has 10 nitrogen and oxygen atoms in total. The molecule has 1 unspecified atom stereocenters. The second-order valence-electron chi connectivity index (χ2n) is 10.4. The molecule has 0 spiro atoms. The van der Waals surface area contributed by atoms with Crippen molar-refractivity contribution in [3.8, 4) is 22.3 Å². The third-order valence-corrected chi connectivity index (χ3v) is 6.20. The highest BCUT2D eigenvalue weighted by molar-refractivity contribution is 6.00. The molecule has 0 saturated heterocycles. The van der Waals surface area contributed by atoms with E-state index in [2.05, 4.69) is 20.3 Å². The van der Waals surface area contributed by atoms with E-state index in [-0.39, 0.29) is 18.6 Å². The molecule has 0 aliphatic carbocycles. The van der Waals surface area contributed by atoms with Crippen LogP contribution in [0.1, 0.15) is 20.3 Å². The van der Waals surface area contributed by atoms with Crippen molar-refractivity contribution in [1.29, 1.82) is 0 Å². The number of pyridine rings is 3. The summed E-state index contributed by atoms with van der Waals surface area (Å²) in [6.45, 7) is 4.50. The van der Waals surface area contributed by atoms with Crippen LogP contribution in [-0.2, 0) is 21.1 Å². The Morgan fingerprint density at radius 3 is 2.63 bits per heavy atom. The second kappa shape index (κ2) is 13.2. The topological polar surface area (TPSA) is 128 Å². The molecule has 1 atom stereocenters.